The van der Waals surface area contributed by atoms with Crippen molar-refractivity contribution in [1.29, 1.82) is 0 Å². The highest BCUT2D eigenvalue weighted by molar-refractivity contribution is 5.94. The maximum Gasteiger partial charge on any atom is 0.337 e. The summed E-state index contributed by atoms with van der Waals surface area (Å²) in [4.78, 5) is 20.6. The van der Waals surface area contributed by atoms with Gasteiger partial charge in [0.15, 0.2) is 6.10 Å². The fourth-order valence-corrected chi connectivity index (χ4v) is 6.41. The standard InChI is InChI=1S/C39H50FN3O4/c1-25(2)23-30-24-43-26(3)32(35(37(44)45)47-38(4,5)6)34(42-20-18-39(7,8)19-21-42)33(36(43)41-30)28-11-15-31(16-12-28)46-22-17-27-9-13-29(40)14-10-27/h9-16,24-25,35H,17-23H2,1-8H3,(H,44,45)/t35-/m0/s1. The number of hydrogen-bond donors (Lipinski definition) is 1. The van der Waals surface area contributed by atoms with Crippen LogP contribution in [0.4, 0.5) is 10.1 Å². The van der Waals surface area contributed by atoms with Crippen LogP contribution in [0, 0.1) is 24.1 Å². The van der Waals surface area contributed by atoms with Gasteiger partial charge in [0.25, 0.3) is 0 Å². The minimum absolute atomic E-state index is 0.203. The summed E-state index contributed by atoms with van der Waals surface area (Å²) in [6, 6.07) is 14.5. The van der Waals surface area contributed by atoms with E-state index in [2.05, 4.69) is 43.2 Å². The zero-order valence-electron chi connectivity index (χ0n) is 29.2. The highest BCUT2D eigenvalue weighted by atomic mass is 19.1. The van der Waals surface area contributed by atoms with Crippen LogP contribution in [0.15, 0.2) is 54.7 Å². The Morgan fingerprint density at radius 1 is 1.04 bits per heavy atom. The molecule has 4 aromatic rings. The van der Waals surface area contributed by atoms with Crippen LogP contribution in [0.2, 0.25) is 0 Å². The number of halogens is 1. The van der Waals surface area contributed by atoms with Crippen molar-refractivity contribution in [2.24, 2.45) is 11.3 Å². The zero-order valence-corrected chi connectivity index (χ0v) is 29.2. The van der Waals surface area contributed by atoms with E-state index in [-0.39, 0.29) is 11.2 Å². The largest absolute Gasteiger partial charge is 0.493 e. The lowest BCUT2D eigenvalue weighted by atomic mass is 9.82. The van der Waals surface area contributed by atoms with Crippen LogP contribution < -0.4 is 9.64 Å². The average Bonchev–Trinajstić information content (AvgIpc) is 3.40. The molecule has 2 aromatic heterocycles. The molecule has 3 heterocycles. The van der Waals surface area contributed by atoms with Crippen LogP contribution in [0.3, 0.4) is 0 Å². The van der Waals surface area contributed by atoms with Gasteiger partial charge >= 0.3 is 5.97 Å². The van der Waals surface area contributed by atoms with Gasteiger partial charge in [0.05, 0.1) is 23.6 Å². The molecule has 47 heavy (non-hydrogen) atoms. The van der Waals surface area contributed by atoms with Crippen molar-refractivity contribution in [1.82, 2.24) is 9.38 Å². The van der Waals surface area contributed by atoms with Gasteiger partial charge in [-0.3, -0.25) is 0 Å². The molecule has 0 amide bonds. The molecule has 0 bridgehead atoms. The van der Waals surface area contributed by atoms with E-state index in [0.717, 1.165) is 77.5 Å². The van der Waals surface area contributed by atoms with Gasteiger partial charge in [0.2, 0.25) is 0 Å². The molecule has 1 N–H and O–H groups in total. The Bertz CT molecular complexity index is 1690. The number of rotatable bonds is 11. The molecule has 0 unspecified atom stereocenters. The first-order valence-corrected chi connectivity index (χ1v) is 16.8. The lowest BCUT2D eigenvalue weighted by Gasteiger charge is -2.41. The van der Waals surface area contributed by atoms with E-state index >= 15 is 0 Å². The van der Waals surface area contributed by atoms with E-state index in [9.17, 15) is 14.3 Å². The molecule has 2 aromatic carbocycles. The van der Waals surface area contributed by atoms with Crippen LogP contribution in [-0.4, -0.2) is 45.8 Å². The number of carboxylic acids is 1. The number of nitrogens with zero attached hydrogens (tertiary/aromatic N) is 3. The van der Waals surface area contributed by atoms with Gasteiger partial charge in [-0.2, -0.15) is 0 Å². The van der Waals surface area contributed by atoms with E-state index in [1.807, 2.05) is 52.0 Å². The quantitative estimate of drug-likeness (QED) is 0.176. The third kappa shape index (κ3) is 8.15. The first-order chi connectivity index (χ1) is 22.1. The molecule has 0 radical (unpaired) electrons. The van der Waals surface area contributed by atoms with Crippen molar-refractivity contribution in [3.63, 3.8) is 0 Å². The topological polar surface area (TPSA) is 76.3 Å². The second-order valence-corrected chi connectivity index (χ2v) is 15.1. The zero-order chi connectivity index (χ0) is 34.1. The van der Waals surface area contributed by atoms with Crippen LogP contribution in [-0.2, 0) is 22.4 Å². The summed E-state index contributed by atoms with van der Waals surface area (Å²) < 4.78 is 27.8. The molecule has 0 aliphatic carbocycles. The number of pyridine rings is 1. The summed E-state index contributed by atoms with van der Waals surface area (Å²) >= 11 is 0. The monoisotopic (exact) mass is 643 g/mol. The fraction of sp³-hybridized carbons (Fsp3) is 0.487. The Labute approximate surface area is 278 Å². The van der Waals surface area contributed by atoms with Crippen molar-refractivity contribution in [2.45, 2.75) is 92.8 Å². The summed E-state index contributed by atoms with van der Waals surface area (Å²) in [5, 5.41) is 10.7. The number of aryl methyl sites for hydroxylation is 1. The van der Waals surface area contributed by atoms with Gasteiger partial charge in [0, 0.05) is 42.5 Å². The number of carbonyl (C=O) groups is 1. The average molecular weight is 644 g/mol. The van der Waals surface area contributed by atoms with Crippen LogP contribution in [0.25, 0.3) is 16.8 Å². The maximum absolute atomic E-state index is 13.3. The molecule has 1 aliphatic rings. The number of carboxylic acid groups (broad SMARTS) is 1. The molecule has 1 fully saturated rings. The molecule has 7 nitrogen and oxygen atoms in total. The van der Waals surface area contributed by atoms with Gasteiger partial charge in [0.1, 0.15) is 17.2 Å². The minimum atomic E-state index is -1.17. The summed E-state index contributed by atoms with van der Waals surface area (Å²) in [5.74, 6) is -0.128. The van der Waals surface area contributed by atoms with E-state index in [4.69, 9.17) is 14.5 Å². The number of piperidine rings is 1. The summed E-state index contributed by atoms with van der Waals surface area (Å²) in [5.41, 5.74) is 6.52. The van der Waals surface area contributed by atoms with E-state index in [0.29, 0.717) is 24.5 Å². The molecule has 1 aliphatic heterocycles. The number of ether oxygens (including phenoxy) is 2. The highest BCUT2D eigenvalue weighted by Crippen LogP contribution is 2.46. The molecular formula is C39H50FN3O4. The van der Waals surface area contributed by atoms with Gasteiger partial charge in [-0.15, -0.1) is 0 Å². The normalized spacial score (nSPS) is 15.7. The number of imidazole rings is 1. The predicted molar refractivity (Wildman–Crippen MR) is 186 cm³/mol. The molecule has 8 heteroatoms. The first kappa shape index (κ1) is 34.4. The fourth-order valence-electron chi connectivity index (χ4n) is 6.41. The Kier molecular flexibility index (Phi) is 10.0. The summed E-state index contributed by atoms with van der Waals surface area (Å²) in [6.07, 6.45) is 4.34. The lowest BCUT2D eigenvalue weighted by Crippen LogP contribution is -2.39. The molecule has 0 spiro atoms. The van der Waals surface area contributed by atoms with Gasteiger partial charge < -0.3 is 23.9 Å². The van der Waals surface area contributed by atoms with E-state index in [1.165, 1.54) is 12.1 Å². The molecule has 0 saturated carbocycles. The minimum Gasteiger partial charge on any atom is -0.493 e. The van der Waals surface area contributed by atoms with Gasteiger partial charge in [-0.1, -0.05) is 52.0 Å². The maximum atomic E-state index is 13.3. The Morgan fingerprint density at radius 3 is 2.26 bits per heavy atom. The lowest BCUT2D eigenvalue weighted by molar-refractivity contribution is -0.160. The SMILES string of the molecule is Cc1c([C@H](OC(C)(C)C)C(=O)O)c(N2CCC(C)(C)CC2)c(-c2ccc(OCCc3ccc(F)cc3)cc2)c2nc(CC(C)C)cn12. The van der Waals surface area contributed by atoms with E-state index < -0.39 is 17.7 Å². The first-order valence-electron chi connectivity index (χ1n) is 16.8. The number of benzene rings is 2. The van der Waals surface area contributed by atoms with Crippen molar-refractivity contribution in [3.8, 4) is 16.9 Å². The van der Waals surface area contributed by atoms with Gasteiger partial charge in [-0.25, -0.2) is 14.2 Å². The van der Waals surface area contributed by atoms with Crippen LogP contribution >= 0.6 is 0 Å². The number of aliphatic carboxylic acids is 1. The van der Waals surface area contributed by atoms with Crippen LogP contribution in [0.1, 0.15) is 89.9 Å². The third-order valence-electron chi connectivity index (χ3n) is 8.95. The van der Waals surface area contributed by atoms with Crippen molar-refractivity contribution >= 4 is 17.3 Å². The molecule has 1 atom stereocenters. The number of hydrogen-bond acceptors (Lipinski definition) is 5. The molecule has 252 valence electrons. The van der Waals surface area contributed by atoms with E-state index in [1.54, 1.807) is 12.1 Å². The summed E-state index contributed by atoms with van der Waals surface area (Å²) in [7, 11) is 0. The predicted octanol–water partition coefficient (Wildman–Crippen LogP) is 8.84. The molecule has 5 rings (SSSR count). The van der Waals surface area contributed by atoms with Crippen molar-refractivity contribution in [3.05, 3.63) is 83.1 Å². The molecular weight excluding hydrogens is 593 g/mol. The Balaban J connectivity index is 1.65. The summed E-state index contributed by atoms with van der Waals surface area (Å²) in [6.45, 7) is 18.7. The smallest absolute Gasteiger partial charge is 0.337 e. The number of fused-ring (bicyclic) bond motifs is 1. The second kappa shape index (κ2) is 13.7. The van der Waals surface area contributed by atoms with Crippen molar-refractivity contribution in [2.75, 3.05) is 24.6 Å². The number of aromatic nitrogens is 2. The van der Waals surface area contributed by atoms with Crippen LogP contribution in [0.5, 0.6) is 5.75 Å². The Hall–Kier alpha value is -3.91. The molecule has 1 saturated heterocycles. The van der Waals surface area contributed by atoms with Gasteiger partial charge in [-0.05, 0) is 93.7 Å². The Morgan fingerprint density at radius 2 is 1.68 bits per heavy atom. The second-order valence-electron chi connectivity index (χ2n) is 15.1. The third-order valence-corrected chi connectivity index (χ3v) is 8.95. The highest BCUT2D eigenvalue weighted by Gasteiger charge is 2.37. The number of anilines is 1. The van der Waals surface area contributed by atoms with Crippen molar-refractivity contribution < 1.29 is 23.8 Å².